The fourth-order valence-electron chi connectivity index (χ4n) is 0.689. The third-order valence-corrected chi connectivity index (χ3v) is 1.76. The second kappa shape index (κ2) is 3.40. The average molecular weight is 186 g/mol. The van der Waals surface area contributed by atoms with Crippen molar-refractivity contribution in [2.75, 3.05) is 6.26 Å². The minimum Gasteiger partial charge on any atom is -0.303 e. The summed E-state index contributed by atoms with van der Waals surface area (Å²) in [6, 6.07) is 1.06. The SMILES string of the molecule is CSC(=O)c1cc(=O)[nH]c(=O)[nH]1. The van der Waals surface area contributed by atoms with Gasteiger partial charge in [-0.1, -0.05) is 11.8 Å². The van der Waals surface area contributed by atoms with Crippen LogP contribution in [-0.2, 0) is 0 Å². The van der Waals surface area contributed by atoms with Crippen molar-refractivity contribution in [2.45, 2.75) is 0 Å². The molecule has 0 radical (unpaired) electrons. The number of rotatable bonds is 1. The van der Waals surface area contributed by atoms with Gasteiger partial charge < -0.3 is 4.98 Å². The molecule has 1 aromatic rings. The van der Waals surface area contributed by atoms with Gasteiger partial charge >= 0.3 is 5.69 Å². The van der Waals surface area contributed by atoms with Gasteiger partial charge in [-0.2, -0.15) is 0 Å². The van der Waals surface area contributed by atoms with Crippen LogP contribution in [0.25, 0.3) is 0 Å². The molecule has 0 fully saturated rings. The number of aromatic amines is 2. The summed E-state index contributed by atoms with van der Waals surface area (Å²) >= 11 is 0.933. The first-order valence-electron chi connectivity index (χ1n) is 3.05. The minimum absolute atomic E-state index is 0.0243. The molecule has 1 heterocycles. The van der Waals surface area contributed by atoms with Crippen LogP contribution in [0.2, 0.25) is 0 Å². The monoisotopic (exact) mass is 186 g/mol. The number of aromatic nitrogens is 2. The van der Waals surface area contributed by atoms with Crippen molar-refractivity contribution in [3.63, 3.8) is 0 Å². The molecule has 0 saturated carbocycles. The number of hydrogen-bond donors (Lipinski definition) is 2. The Morgan fingerprint density at radius 2 is 2.08 bits per heavy atom. The van der Waals surface area contributed by atoms with Gasteiger partial charge in [-0.3, -0.25) is 14.6 Å². The molecule has 1 aromatic heterocycles. The molecule has 0 spiro atoms. The summed E-state index contributed by atoms with van der Waals surface area (Å²) in [7, 11) is 0. The van der Waals surface area contributed by atoms with Crippen LogP contribution in [0.1, 0.15) is 10.5 Å². The third-order valence-electron chi connectivity index (χ3n) is 1.17. The normalized spacial score (nSPS) is 9.75. The van der Waals surface area contributed by atoms with E-state index in [9.17, 15) is 14.4 Å². The van der Waals surface area contributed by atoms with Crippen LogP contribution >= 0.6 is 11.8 Å². The first-order valence-corrected chi connectivity index (χ1v) is 4.28. The first-order chi connectivity index (χ1) is 5.63. The zero-order valence-electron chi connectivity index (χ0n) is 6.21. The van der Waals surface area contributed by atoms with Crippen LogP contribution in [0.15, 0.2) is 15.7 Å². The van der Waals surface area contributed by atoms with Crippen molar-refractivity contribution < 1.29 is 4.79 Å². The standard InChI is InChI=1S/C6H6N2O3S/c1-12-5(10)3-2-4(9)8-6(11)7-3/h2H,1H3,(H2,7,8,9,11). The van der Waals surface area contributed by atoms with E-state index < -0.39 is 11.2 Å². The van der Waals surface area contributed by atoms with Crippen molar-refractivity contribution in [3.8, 4) is 0 Å². The molecule has 6 heteroatoms. The Bertz CT molecular complexity index is 377. The number of nitrogens with one attached hydrogen (secondary N) is 2. The Morgan fingerprint density at radius 1 is 1.42 bits per heavy atom. The van der Waals surface area contributed by atoms with Gasteiger partial charge in [-0.15, -0.1) is 0 Å². The number of carbonyl (C=O) groups is 1. The highest BCUT2D eigenvalue weighted by Crippen LogP contribution is 2.01. The lowest BCUT2D eigenvalue weighted by atomic mass is 10.4. The van der Waals surface area contributed by atoms with E-state index in [1.807, 2.05) is 4.98 Å². The van der Waals surface area contributed by atoms with Gasteiger partial charge in [0, 0.05) is 6.07 Å². The summed E-state index contributed by atoms with van der Waals surface area (Å²) in [4.78, 5) is 36.5. The van der Waals surface area contributed by atoms with Crippen molar-refractivity contribution in [3.05, 3.63) is 32.6 Å². The van der Waals surface area contributed by atoms with Gasteiger partial charge in [0.2, 0.25) is 5.12 Å². The quantitative estimate of drug-likeness (QED) is 0.623. The maximum atomic E-state index is 11.0. The highest BCUT2D eigenvalue weighted by atomic mass is 32.2. The molecule has 0 aliphatic carbocycles. The van der Waals surface area contributed by atoms with E-state index in [4.69, 9.17) is 0 Å². The molecular formula is C6H6N2O3S. The van der Waals surface area contributed by atoms with Crippen molar-refractivity contribution in [1.29, 1.82) is 0 Å². The van der Waals surface area contributed by atoms with E-state index in [0.717, 1.165) is 17.8 Å². The lowest BCUT2D eigenvalue weighted by Crippen LogP contribution is -2.24. The molecule has 0 atom stereocenters. The number of thioether (sulfide) groups is 1. The maximum absolute atomic E-state index is 11.0. The number of hydrogen-bond acceptors (Lipinski definition) is 4. The largest absolute Gasteiger partial charge is 0.326 e. The van der Waals surface area contributed by atoms with E-state index in [2.05, 4.69) is 4.98 Å². The summed E-state index contributed by atoms with van der Waals surface area (Å²) in [6.07, 6.45) is 1.57. The Morgan fingerprint density at radius 3 is 2.58 bits per heavy atom. The summed E-state index contributed by atoms with van der Waals surface area (Å²) in [5.74, 6) is 0. The summed E-state index contributed by atoms with van der Waals surface area (Å²) in [6.45, 7) is 0. The Balaban J connectivity index is 3.27. The second-order valence-electron chi connectivity index (χ2n) is 1.99. The Kier molecular flexibility index (Phi) is 2.49. The molecule has 0 unspecified atom stereocenters. The van der Waals surface area contributed by atoms with Gasteiger partial charge in [0.15, 0.2) is 0 Å². The zero-order valence-corrected chi connectivity index (χ0v) is 7.03. The van der Waals surface area contributed by atoms with E-state index in [0.29, 0.717) is 0 Å². The fourth-order valence-corrected chi connectivity index (χ4v) is 1.02. The van der Waals surface area contributed by atoms with Crippen molar-refractivity contribution in [2.24, 2.45) is 0 Å². The summed E-state index contributed by atoms with van der Waals surface area (Å²) in [5, 5.41) is -0.335. The average Bonchev–Trinajstić information content (AvgIpc) is 2.01. The molecule has 0 bridgehead atoms. The molecule has 0 aliphatic rings. The summed E-state index contributed by atoms with van der Waals surface area (Å²) in [5.41, 5.74) is -1.22. The smallest absolute Gasteiger partial charge is 0.303 e. The van der Waals surface area contributed by atoms with Gasteiger partial charge in [-0.25, -0.2) is 4.79 Å². The van der Waals surface area contributed by atoms with Crippen LogP contribution in [0.5, 0.6) is 0 Å². The first kappa shape index (κ1) is 8.79. The molecule has 0 saturated heterocycles. The van der Waals surface area contributed by atoms with Crippen LogP contribution < -0.4 is 11.2 Å². The molecule has 0 aliphatic heterocycles. The van der Waals surface area contributed by atoms with Gasteiger partial charge in [0.25, 0.3) is 5.56 Å². The lowest BCUT2D eigenvalue weighted by Gasteiger charge is -1.93. The highest BCUT2D eigenvalue weighted by molar-refractivity contribution is 8.13. The number of H-pyrrole nitrogens is 2. The highest BCUT2D eigenvalue weighted by Gasteiger charge is 2.04. The topological polar surface area (TPSA) is 82.8 Å². The van der Waals surface area contributed by atoms with E-state index in [1.165, 1.54) is 0 Å². The zero-order chi connectivity index (χ0) is 9.14. The second-order valence-corrected chi connectivity index (χ2v) is 2.77. The predicted octanol–water partition coefficient (Wildman–Crippen LogP) is -0.434. The number of carbonyl (C=O) groups excluding carboxylic acids is 1. The van der Waals surface area contributed by atoms with Gasteiger partial charge in [0.1, 0.15) is 5.69 Å². The molecule has 5 nitrogen and oxygen atoms in total. The molecular weight excluding hydrogens is 180 g/mol. The molecule has 1 rings (SSSR count). The van der Waals surface area contributed by atoms with Crippen LogP contribution in [-0.4, -0.2) is 21.3 Å². The van der Waals surface area contributed by atoms with Crippen LogP contribution in [0, 0.1) is 0 Å². The van der Waals surface area contributed by atoms with E-state index in [-0.39, 0.29) is 10.8 Å². The fraction of sp³-hybridized carbons (Fsp3) is 0.167. The van der Waals surface area contributed by atoms with Crippen LogP contribution in [0.3, 0.4) is 0 Å². The maximum Gasteiger partial charge on any atom is 0.326 e. The molecule has 12 heavy (non-hydrogen) atoms. The van der Waals surface area contributed by atoms with E-state index in [1.54, 1.807) is 6.26 Å². The third kappa shape index (κ3) is 1.85. The summed E-state index contributed by atoms with van der Waals surface area (Å²) < 4.78 is 0. The predicted molar refractivity (Wildman–Crippen MR) is 45.5 cm³/mol. The lowest BCUT2D eigenvalue weighted by molar-refractivity contribution is 0.108. The van der Waals surface area contributed by atoms with E-state index >= 15 is 0 Å². The van der Waals surface area contributed by atoms with Crippen LogP contribution in [0.4, 0.5) is 0 Å². The molecule has 2 N–H and O–H groups in total. The van der Waals surface area contributed by atoms with Gasteiger partial charge in [0.05, 0.1) is 0 Å². The Hall–Kier alpha value is -1.30. The van der Waals surface area contributed by atoms with Gasteiger partial charge in [-0.05, 0) is 6.26 Å². The molecule has 0 amide bonds. The Labute approximate surface area is 71.2 Å². The van der Waals surface area contributed by atoms with Crippen molar-refractivity contribution in [1.82, 2.24) is 9.97 Å². The molecule has 64 valence electrons. The van der Waals surface area contributed by atoms with Crippen molar-refractivity contribution >= 4 is 16.9 Å². The molecule has 0 aromatic carbocycles. The minimum atomic E-state index is -0.667.